The summed E-state index contributed by atoms with van der Waals surface area (Å²) in [7, 11) is 0. The Hall–Kier alpha value is -1.86. The molecule has 1 heterocycles. The van der Waals surface area contributed by atoms with Crippen LogP contribution in [0.15, 0.2) is 12.1 Å². The SMILES string of the molecule is CCNc1ccc(Cl)c(CN(CC(N)=O)CC(N)=O)n1. The van der Waals surface area contributed by atoms with Gasteiger partial charge in [0.25, 0.3) is 0 Å². The van der Waals surface area contributed by atoms with E-state index < -0.39 is 11.8 Å². The normalized spacial score (nSPS) is 10.6. The summed E-state index contributed by atoms with van der Waals surface area (Å²) in [5.74, 6) is -0.430. The van der Waals surface area contributed by atoms with Gasteiger partial charge in [-0.1, -0.05) is 11.6 Å². The van der Waals surface area contributed by atoms with Gasteiger partial charge in [0.05, 0.1) is 23.8 Å². The Bertz CT molecular complexity index is 479. The van der Waals surface area contributed by atoms with Crippen molar-refractivity contribution in [1.29, 1.82) is 0 Å². The molecule has 1 aromatic rings. The highest BCUT2D eigenvalue weighted by Gasteiger charge is 2.15. The maximum Gasteiger partial charge on any atom is 0.231 e. The smallest absolute Gasteiger partial charge is 0.231 e. The van der Waals surface area contributed by atoms with Crippen LogP contribution in [0.3, 0.4) is 0 Å². The highest BCUT2D eigenvalue weighted by Crippen LogP contribution is 2.18. The predicted molar refractivity (Wildman–Crippen MR) is 77.1 cm³/mol. The first-order valence-electron chi connectivity index (χ1n) is 6.10. The largest absolute Gasteiger partial charge is 0.370 e. The Labute approximate surface area is 122 Å². The van der Waals surface area contributed by atoms with E-state index in [-0.39, 0.29) is 19.6 Å². The first kappa shape index (κ1) is 16.2. The van der Waals surface area contributed by atoms with Crippen LogP contribution in [0, 0.1) is 0 Å². The van der Waals surface area contributed by atoms with Gasteiger partial charge in [-0.05, 0) is 19.1 Å². The molecule has 0 spiro atoms. The van der Waals surface area contributed by atoms with E-state index in [1.807, 2.05) is 6.92 Å². The number of pyridine rings is 1. The molecule has 0 fully saturated rings. The second-order valence-corrected chi connectivity index (χ2v) is 4.64. The molecule has 110 valence electrons. The molecule has 2 amide bonds. The number of carbonyl (C=O) groups excluding carboxylic acids is 2. The van der Waals surface area contributed by atoms with Gasteiger partial charge in [-0.15, -0.1) is 0 Å². The molecule has 8 heteroatoms. The maximum atomic E-state index is 11.0. The van der Waals surface area contributed by atoms with E-state index >= 15 is 0 Å². The minimum Gasteiger partial charge on any atom is -0.370 e. The van der Waals surface area contributed by atoms with Gasteiger partial charge < -0.3 is 16.8 Å². The van der Waals surface area contributed by atoms with Crippen molar-refractivity contribution < 1.29 is 9.59 Å². The number of aromatic nitrogens is 1. The quantitative estimate of drug-likeness (QED) is 0.622. The average Bonchev–Trinajstić information content (AvgIpc) is 2.32. The Morgan fingerprint density at radius 2 is 1.90 bits per heavy atom. The highest BCUT2D eigenvalue weighted by molar-refractivity contribution is 6.31. The van der Waals surface area contributed by atoms with Crippen LogP contribution in [0.1, 0.15) is 12.6 Å². The minimum atomic E-state index is -0.551. The molecule has 0 aliphatic carbocycles. The first-order valence-corrected chi connectivity index (χ1v) is 6.48. The van der Waals surface area contributed by atoms with Gasteiger partial charge in [-0.3, -0.25) is 14.5 Å². The number of nitrogens with two attached hydrogens (primary N) is 2. The topological polar surface area (TPSA) is 114 Å². The van der Waals surface area contributed by atoms with Crippen LogP contribution in [0.5, 0.6) is 0 Å². The number of carbonyl (C=O) groups is 2. The van der Waals surface area contributed by atoms with Gasteiger partial charge in [0.1, 0.15) is 5.82 Å². The van der Waals surface area contributed by atoms with E-state index in [4.69, 9.17) is 23.1 Å². The lowest BCUT2D eigenvalue weighted by Gasteiger charge is -2.19. The summed E-state index contributed by atoms with van der Waals surface area (Å²) >= 11 is 6.06. The van der Waals surface area contributed by atoms with Crippen molar-refractivity contribution in [3.8, 4) is 0 Å². The fourth-order valence-electron chi connectivity index (χ4n) is 1.70. The number of amides is 2. The molecule has 1 aromatic heterocycles. The number of nitrogens with one attached hydrogen (secondary N) is 1. The summed E-state index contributed by atoms with van der Waals surface area (Å²) in [5.41, 5.74) is 10.8. The van der Waals surface area contributed by atoms with E-state index in [0.29, 0.717) is 16.5 Å². The zero-order valence-electron chi connectivity index (χ0n) is 11.2. The molecule has 7 nitrogen and oxygen atoms in total. The van der Waals surface area contributed by atoms with Gasteiger partial charge >= 0.3 is 0 Å². The molecular weight excluding hydrogens is 282 g/mol. The van der Waals surface area contributed by atoms with Crippen molar-refractivity contribution in [2.75, 3.05) is 25.0 Å². The average molecular weight is 300 g/mol. The summed E-state index contributed by atoms with van der Waals surface area (Å²) < 4.78 is 0. The highest BCUT2D eigenvalue weighted by atomic mass is 35.5. The molecule has 5 N–H and O–H groups in total. The molecule has 0 aliphatic rings. The maximum absolute atomic E-state index is 11.0. The number of primary amides is 2. The zero-order chi connectivity index (χ0) is 15.1. The lowest BCUT2D eigenvalue weighted by molar-refractivity contribution is -0.122. The molecule has 20 heavy (non-hydrogen) atoms. The molecule has 0 aliphatic heterocycles. The molecule has 0 aromatic carbocycles. The lowest BCUT2D eigenvalue weighted by Crippen LogP contribution is -2.39. The van der Waals surface area contributed by atoms with Crippen molar-refractivity contribution >= 4 is 29.2 Å². The van der Waals surface area contributed by atoms with E-state index in [2.05, 4.69) is 10.3 Å². The Morgan fingerprint density at radius 3 is 2.40 bits per heavy atom. The summed E-state index contributed by atoms with van der Waals surface area (Å²) in [6.07, 6.45) is 0. The summed E-state index contributed by atoms with van der Waals surface area (Å²) in [6.45, 7) is 2.70. The molecular formula is C12H18ClN5O2. The van der Waals surface area contributed by atoms with Gasteiger partial charge in [0, 0.05) is 13.1 Å². The first-order chi connectivity index (χ1) is 9.42. The lowest BCUT2D eigenvalue weighted by atomic mass is 10.3. The van der Waals surface area contributed by atoms with Crippen LogP contribution in [0.2, 0.25) is 5.02 Å². The molecule has 0 atom stereocenters. The van der Waals surface area contributed by atoms with Crippen LogP contribution < -0.4 is 16.8 Å². The van der Waals surface area contributed by atoms with Crippen molar-refractivity contribution in [3.05, 3.63) is 22.8 Å². The van der Waals surface area contributed by atoms with Crippen LogP contribution in [-0.4, -0.2) is 41.3 Å². The molecule has 0 radical (unpaired) electrons. The van der Waals surface area contributed by atoms with Crippen molar-refractivity contribution in [1.82, 2.24) is 9.88 Å². The van der Waals surface area contributed by atoms with E-state index in [9.17, 15) is 9.59 Å². The van der Waals surface area contributed by atoms with Gasteiger partial charge in [0.2, 0.25) is 11.8 Å². The number of halogens is 1. The molecule has 0 unspecified atom stereocenters. The zero-order valence-corrected chi connectivity index (χ0v) is 12.0. The molecule has 0 saturated heterocycles. The molecule has 1 rings (SSSR count). The van der Waals surface area contributed by atoms with Crippen molar-refractivity contribution in [3.63, 3.8) is 0 Å². The van der Waals surface area contributed by atoms with Crippen LogP contribution >= 0.6 is 11.6 Å². The number of hydrogen-bond acceptors (Lipinski definition) is 5. The third-order valence-electron chi connectivity index (χ3n) is 2.41. The fraction of sp³-hybridized carbons (Fsp3) is 0.417. The molecule has 0 saturated carbocycles. The Morgan fingerprint density at radius 1 is 1.30 bits per heavy atom. The van der Waals surface area contributed by atoms with Crippen LogP contribution in [0.4, 0.5) is 5.82 Å². The predicted octanol–water partition coefficient (Wildman–Crippen LogP) is -0.0606. The Kier molecular flexibility index (Phi) is 6.20. The fourth-order valence-corrected chi connectivity index (χ4v) is 1.86. The van der Waals surface area contributed by atoms with Crippen LogP contribution in [-0.2, 0) is 16.1 Å². The van der Waals surface area contributed by atoms with Crippen LogP contribution in [0.25, 0.3) is 0 Å². The summed E-state index contributed by atoms with van der Waals surface area (Å²) in [5, 5.41) is 3.51. The van der Waals surface area contributed by atoms with Gasteiger partial charge in [0.15, 0.2) is 0 Å². The standard InChI is InChI=1S/C12H18ClN5O2/c1-2-16-12-4-3-8(13)9(17-12)5-18(6-10(14)19)7-11(15)20/h3-4H,2,5-7H2,1H3,(H2,14,19)(H2,15,20)(H,16,17). The summed E-state index contributed by atoms with van der Waals surface area (Å²) in [4.78, 5) is 27.8. The number of rotatable bonds is 8. The van der Waals surface area contributed by atoms with Crippen molar-refractivity contribution in [2.24, 2.45) is 11.5 Å². The van der Waals surface area contributed by atoms with E-state index in [1.54, 1.807) is 12.1 Å². The third kappa shape index (κ3) is 5.41. The Balaban J connectivity index is 2.87. The number of hydrogen-bond donors (Lipinski definition) is 3. The van der Waals surface area contributed by atoms with E-state index in [0.717, 1.165) is 6.54 Å². The monoisotopic (exact) mass is 299 g/mol. The van der Waals surface area contributed by atoms with Crippen molar-refractivity contribution in [2.45, 2.75) is 13.5 Å². The summed E-state index contributed by atoms with van der Waals surface area (Å²) in [6, 6.07) is 3.45. The third-order valence-corrected chi connectivity index (χ3v) is 2.75. The second kappa shape index (κ2) is 7.66. The van der Waals surface area contributed by atoms with Gasteiger partial charge in [-0.25, -0.2) is 4.98 Å². The van der Waals surface area contributed by atoms with Gasteiger partial charge in [-0.2, -0.15) is 0 Å². The van der Waals surface area contributed by atoms with E-state index in [1.165, 1.54) is 4.90 Å². The number of anilines is 1. The number of nitrogens with zero attached hydrogens (tertiary/aromatic N) is 2. The molecule has 0 bridgehead atoms. The second-order valence-electron chi connectivity index (χ2n) is 4.23. The minimum absolute atomic E-state index is 0.0909.